The monoisotopic (exact) mass is 303 g/mol. The van der Waals surface area contributed by atoms with Gasteiger partial charge in [-0.05, 0) is 18.5 Å². The first-order valence-corrected chi connectivity index (χ1v) is 8.15. The molecule has 0 saturated carbocycles. The number of carbonyl (C=O) groups excluding carboxylic acids is 1. The predicted molar refractivity (Wildman–Crippen MR) is 86.9 cm³/mol. The largest absolute Gasteiger partial charge is 0.349 e. The van der Waals surface area contributed by atoms with Crippen LogP contribution in [0, 0.1) is 0 Å². The standard InChI is InChI=1S/C16H21N3OS/c1-2-8-17-9-10-18-16(20)14-12-21-15(19-14)11-13-6-4-3-5-7-13/h3-7,12,17H,2,8-11H2,1H3,(H,18,20). The normalized spacial score (nSPS) is 10.5. The molecule has 0 unspecified atom stereocenters. The minimum absolute atomic E-state index is 0.0936. The molecule has 2 N–H and O–H groups in total. The molecule has 1 aromatic heterocycles. The Balaban J connectivity index is 1.80. The van der Waals surface area contributed by atoms with E-state index in [0.717, 1.165) is 30.9 Å². The number of hydrogen-bond donors (Lipinski definition) is 2. The van der Waals surface area contributed by atoms with Crippen molar-refractivity contribution in [3.8, 4) is 0 Å². The lowest BCUT2D eigenvalue weighted by molar-refractivity contribution is 0.0949. The molecule has 5 heteroatoms. The van der Waals surface area contributed by atoms with Crippen molar-refractivity contribution in [2.75, 3.05) is 19.6 Å². The summed E-state index contributed by atoms with van der Waals surface area (Å²) in [5.74, 6) is -0.0936. The van der Waals surface area contributed by atoms with Gasteiger partial charge in [-0.25, -0.2) is 4.98 Å². The summed E-state index contributed by atoms with van der Waals surface area (Å²) in [6.07, 6.45) is 1.87. The molecule has 0 atom stereocenters. The summed E-state index contributed by atoms with van der Waals surface area (Å²) in [7, 11) is 0. The molecule has 2 rings (SSSR count). The lowest BCUT2D eigenvalue weighted by atomic mass is 10.2. The number of benzene rings is 1. The molecule has 1 heterocycles. The zero-order valence-corrected chi connectivity index (χ0v) is 13.1. The first kappa shape index (κ1) is 15.7. The molecule has 2 aromatic rings. The Bertz CT molecular complexity index is 554. The third-order valence-corrected chi connectivity index (χ3v) is 3.85. The summed E-state index contributed by atoms with van der Waals surface area (Å²) in [4.78, 5) is 16.4. The number of aromatic nitrogens is 1. The SMILES string of the molecule is CCCNCCNC(=O)c1csc(Cc2ccccc2)n1. The van der Waals surface area contributed by atoms with E-state index in [1.807, 2.05) is 23.6 Å². The molecular weight excluding hydrogens is 282 g/mol. The first-order chi connectivity index (χ1) is 10.3. The van der Waals surface area contributed by atoms with E-state index in [1.54, 1.807) is 0 Å². The summed E-state index contributed by atoms with van der Waals surface area (Å²) in [6, 6.07) is 10.2. The van der Waals surface area contributed by atoms with E-state index in [0.29, 0.717) is 12.2 Å². The van der Waals surface area contributed by atoms with Crippen molar-refractivity contribution in [2.24, 2.45) is 0 Å². The van der Waals surface area contributed by atoms with Crippen LogP contribution >= 0.6 is 11.3 Å². The van der Waals surface area contributed by atoms with Gasteiger partial charge >= 0.3 is 0 Å². The molecule has 1 aromatic carbocycles. The highest BCUT2D eigenvalue weighted by Gasteiger charge is 2.10. The fourth-order valence-electron chi connectivity index (χ4n) is 1.92. The van der Waals surface area contributed by atoms with Gasteiger partial charge in [0.05, 0.1) is 5.01 Å². The van der Waals surface area contributed by atoms with E-state index in [2.05, 4.69) is 34.7 Å². The van der Waals surface area contributed by atoms with Gasteiger partial charge in [0, 0.05) is 24.9 Å². The van der Waals surface area contributed by atoms with Gasteiger partial charge < -0.3 is 10.6 Å². The molecule has 0 aliphatic rings. The lowest BCUT2D eigenvalue weighted by Gasteiger charge is -2.04. The van der Waals surface area contributed by atoms with Gasteiger partial charge in [0.15, 0.2) is 0 Å². The molecule has 0 aliphatic heterocycles. The average Bonchev–Trinajstić information content (AvgIpc) is 2.96. The molecule has 0 saturated heterocycles. The molecule has 0 fully saturated rings. The summed E-state index contributed by atoms with van der Waals surface area (Å²) in [5.41, 5.74) is 1.73. The Hall–Kier alpha value is -1.72. The maximum atomic E-state index is 11.9. The van der Waals surface area contributed by atoms with Crippen LogP contribution in [0.25, 0.3) is 0 Å². The van der Waals surface area contributed by atoms with Crippen LogP contribution in [0.4, 0.5) is 0 Å². The molecule has 21 heavy (non-hydrogen) atoms. The average molecular weight is 303 g/mol. The Labute approximate surface area is 129 Å². The number of hydrogen-bond acceptors (Lipinski definition) is 4. The van der Waals surface area contributed by atoms with E-state index < -0.39 is 0 Å². The van der Waals surface area contributed by atoms with Crippen LogP contribution in [-0.2, 0) is 6.42 Å². The molecule has 0 radical (unpaired) electrons. The minimum Gasteiger partial charge on any atom is -0.349 e. The van der Waals surface area contributed by atoms with Crippen molar-refractivity contribution in [1.29, 1.82) is 0 Å². The minimum atomic E-state index is -0.0936. The van der Waals surface area contributed by atoms with Crippen molar-refractivity contribution in [1.82, 2.24) is 15.6 Å². The van der Waals surface area contributed by atoms with Crippen molar-refractivity contribution in [2.45, 2.75) is 19.8 Å². The molecule has 4 nitrogen and oxygen atoms in total. The van der Waals surface area contributed by atoms with Gasteiger partial charge in [-0.3, -0.25) is 4.79 Å². The number of nitrogens with zero attached hydrogens (tertiary/aromatic N) is 1. The number of nitrogens with one attached hydrogen (secondary N) is 2. The zero-order chi connectivity index (χ0) is 14.9. The Morgan fingerprint density at radius 1 is 1.19 bits per heavy atom. The van der Waals surface area contributed by atoms with Crippen LogP contribution in [-0.4, -0.2) is 30.5 Å². The smallest absolute Gasteiger partial charge is 0.270 e. The Kier molecular flexibility index (Phi) is 6.37. The fourth-order valence-corrected chi connectivity index (χ4v) is 2.73. The lowest BCUT2D eigenvalue weighted by Crippen LogP contribution is -2.32. The summed E-state index contributed by atoms with van der Waals surface area (Å²) in [6.45, 7) is 4.52. The van der Waals surface area contributed by atoms with Gasteiger partial charge in [-0.15, -0.1) is 11.3 Å². The first-order valence-electron chi connectivity index (χ1n) is 7.27. The van der Waals surface area contributed by atoms with Crippen LogP contribution in [0.5, 0.6) is 0 Å². The summed E-state index contributed by atoms with van der Waals surface area (Å²) >= 11 is 1.53. The number of thiazole rings is 1. The quantitative estimate of drug-likeness (QED) is 0.737. The van der Waals surface area contributed by atoms with E-state index in [-0.39, 0.29) is 5.91 Å². The second kappa shape index (κ2) is 8.54. The van der Waals surface area contributed by atoms with Gasteiger partial charge in [0.1, 0.15) is 5.69 Å². The highest BCUT2D eigenvalue weighted by atomic mass is 32.1. The number of rotatable bonds is 8. The maximum absolute atomic E-state index is 11.9. The molecule has 1 amide bonds. The topological polar surface area (TPSA) is 54.0 Å². The van der Waals surface area contributed by atoms with Gasteiger partial charge in [-0.1, -0.05) is 37.3 Å². The Morgan fingerprint density at radius 3 is 2.76 bits per heavy atom. The highest BCUT2D eigenvalue weighted by Crippen LogP contribution is 2.14. The third kappa shape index (κ3) is 5.28. The van der Waals surface area contributed by atoms with Crippen LogP contribution in [0.3, 0.4) is 0 Å². The van der Waals surface area contributed by atoms with E-state index in [4.69, 9.17) is 0 Å². The summed E-state index contributed by atoms with van der Waals surface area (Å²) in [5, 5.41) is 8.92. The summed E-state index contributed by atoms with van der Waals surface area (Å²) < 4.78 is 0. The second-order valence-corrected chi connectivity index (χ2v) is 5.74. The molecule has 0 spiro atoms. The second-order valence-electron chi connectivity index (χ2n) is 4.79. The Morgan fingerprint density at radius 2 is 2.00 bits per heavy atom. The van der Waals surface area contributed by atoms with Crippen molar-refractivity contribution in [3.05, 3.63) is 52.0 Å². The van der Waals surface area contributed by atoms with Crippen LogP contribution in [0.1, 0.15) is 34.4 Å². The molecule has 0 bridgehead atoms. The number of carbonyl (C=O) groups is 1. The molecular formula is C16H21N3OS. The van der Waals surface area contributed by atoms with Crippen molar-refractivity contribution >= 4 is 17.2 Å². The third-order valence-electron chi connectivity index (χ3n) is 3.00. The van der Waals surface area contributed by atoms with E-state index in [9.17, 15) is 4.79 Å². The highest BCUT2D eigenvalue weighted by molar-refractivity contribution is 7.09. The predicted octanol–water partition coefficient (Wildman–Crippen LogP) is 2.46. The van der Waals surface area contributed by atoms with E-state index >= 15 is 0 Å². The van der Waals surface area contributed by atoms with Crippen molar-refractivity contribution < 1.29 is 4.79 Å². The van der Waals surface area contributed by atoms with Crippen LogP contribution in [0.15, 0.2) is 35.7 Å². The zero-order valence-electron chi connectivity index (χ0n) is 12.3. The van der Waals surface area contributed by atoms with Gasteiger partial charge in [0.2, 0.25) is 0 Å². The van der Waals surface area contributed by atoms with Crippen molar-refractivity contribution in [3.63, 3.8) is 0 Å². The molecule has 0 aliphatic carbocycles. The van der Waals surface area contributed by atoms with E-state index in [1.165, 1.54) is 16.9 Å². The van der Waals surface area contributed by atoms with Gasteiger partial charge in [0.25, 0.3) is 5.91 Å². The number of amides is 1. The van der Waals surface area contributed by atoms with Crippen LogP contribution < -0.4 is 10.6 Å². The van der Waals surface area contributed by atoms with Crippen LogP contribution in [0.2, 0.25) is 0 Å². The maximum Gasteiger partial charge on any atom is 0.270 e. The molecule has 112 valence electrons. The fraction of sp³-hybridized carbons (Fsp3) is 0.375. The van der Waals surface area contributed by atoms with Gasteiger partial charge in [-0.2, -0.15) is 0 Å².